The Morgan fingerprint density at radius 3 is 2.55 bits per heavy atom. The van der Waals surface area contributed by atoms with Gasteiger partial charge in [0.1, 0.15) is 4.90 Å². The van der Waals surface area contributed by atoms with Crippen molar-refractivity contribution in [3.8, 4) is 11.3 Å². The number of sulfonamides is 1. The fraction of sp³-hybridized carbons (Fsp3) is 0.200. The molecule has 2 aromatic heterocycles. The van der Waals surface area contributed by atoms with Gasteiger partial charge in [0.15, 0.2) is 5.84 Å². The number of hydrogen-bond donors (Lipinski definition) is 0. The van der Waals surface area contributed by atoms with Crippen molar-refractivity contribution >= 4 is 15.9 Å². The van der Waals surface area contributed by atoms with Gasteiger partial charge in [-0.3, -0.25) is 9.78 Å². The number of rotatable bonds is 3. The summed E-state index contributed by atoms with van der Waals surface area (Å²) in [4.78, 5) is 18.4. The molecule has 0 N–H and O–H groups in total. The summed E-state index contributed by atoms with van der Waals surface area (Å²) in [6.45, 7) is 1.71. The van der Waals surface area contributed by atoms with Gasteiger partial charge in [0.2, 0.25) is 0 Å². The minimum absolute atomic E-state index is 0.160. The van der Waals surface area contributed by atoms with Gasteiger partial charge >= 0.3 is 0 Å². The highest BCUT2D eigenvalue weighted by atomic mass is 32.2. The molecule has 3 aromatic rings. The van der Waals surface area contributed by atoms with Gasteiger partial charge in [-0.05, 0) is 30.3 Å². The van der Waals surface area contributed by atoms with Gasteiger partial charge in [0.05, 0.1) is 12.2 Å². The van der Waals surface area contributed by atoms with Crippen molar-refractivity contribution in [2.24, 2.45) is 10.3 Å². The summed E-state index contributed by atoms with van der Waals surface area (Å²) in [6, 6.07) is 13.8. The first-order valence-corrected chi connectivity index (χ1v) is 10.6. The zero-order valence-electron chi connectivity index (χ0n) is 15.3. The van der Waals surface area contributed by atoms with E-state index in [2.05, 4.69) is 14.5 Å². The molecule has 2 aliphatic heterocycles. The average molecular weight is 407 g/mol. The number of pyridine rings is 1. The van der Waals surface area contributed by atoms with Crippen LogP contribution in [0.25, 0.3) is 11.3 Å². The molecule has 1 saturated heterocycles. The molecule has 29 heavy (non-hydrogen) atoms. The van der Waals surface area contributed by atoms with E-state index < -0.39 is 10.0 Å². The van der Waals surface area contributed by atoms with Crippen molar-refractivity contribution in [1.82, 2.24) is 19.7 Å². The van der Waals surface area contributed by atoms with Crippen LogP contribution in [0.1, 0.15) is 5.56 Å². The van der Waals surface area contributed by atoms with E-state index >= 15 is 0 Å². The molecule has 5 rings (SSSR count). The Morgan fingerprint density at radius 1 is 1.00 bits per heavy atom. The van der Waals surface area contributed by atoms with Gasteiger partial charge < -0.3 is 4.90 Å². The minimum atomic E-state index is -3.62. The number of nitrogens with zero attached hydrogens (tertiary/aromatic N) is 5. The number of hydrogen-bond acceptors (Lipinski definition) is 6. The van der Waals surface area contributed by atoms with Gasteiger partial charge in [-0.2, -0.15) is 13.5 Å². The van der Waals surface area contributed by atoms with Crippen LogP contribution in [0.2, 0.25) is 0 Å². The Labute approximate surface area is 167 Å². The van der Waals surface area contributed by atoms with Gasteiger partial charge in [0, 0.05) is 48.6 Å². The van der Waals surface area contributed by atoms with E-state index in [1.54, 1.807) is 42.7 Å². The maximum absolute atomic E-state index is 12.2. The fourth-order valence-electron chi connectivity index (χ4n) is 3.68. The van der Waals surface area contributed by atoms with E-state index in [1.165, 1.54) is 10.7 Å². The molecule has 146 valence electrons. The molecule has 1 aromatic carbocycles. The normalized spacial score (nSPS) is 17.5. The zero-order chi connectivity index (χ0) is 20.0. The molecule has 0 radical (unpaired) electrons. The molecule has 0 atom stereocenters. The molecule has 8 nitrogen and oxygen atoms in total. The Kier molecular flexibility index (Phi) is 4.06. The number of aromatic nitrogens is 3. The molecular formula is C20H17N5O3S. The quantitative estimate of drug-likeness (QED) is 0.651. The maximum atomic E-state index is 12.2. The van der Waals surface area contributed by atoms with Crippen LogP contribution in [0.5, 0.6) is 0 Å². The first-order valence-electron chi connectivity index (χ1n) is 9.19. The number of fused-ring (bicyclic) bond motifs is 1. The van der Waals surface area contributed by atoms with Crippen molar-refractivity contribution < 1.29 is 8.42 Å². The highest BCUT2D eigenvalue weighted by molar-refractivity contribution is 7.90. The van der Waals surface area contributed by atoms with E-state index in [1.807, 2.05) is 17.0 Å². The van der Waals surface area contributed by atoms with E-state index in [4.69, 9.17) is 0 Å². The molecule has 1 fully saturated rings. The second-order valence-corrected chi connectivity index (χ2v) is 8.70. The number of amidine groups is 1. The van der Waals surface area contributed by atoms with E-state index in [0.717, 1.165) is 5.56 Å². The zero-order valence-corrected chi connectivity index (χ0v) is 16.2. The maximum Gasteiger partial charge on any atom is 0.285 e. The standard InChI is InChI=1S/C20H17N5O3S/c26-19-6-5-17(15-7-9-21-10-8-15)22-25(19)13-14-11-24(12-14)20-16-3-1-2-4-18(16)29(27,28)23-20/h1-10,14H,11-13H2. The third-order valence-corrected chi connectivity index (χ3v) is 6.47. The molecule has 0 amide bonds. The summed E-state index contributed by atoms with van der Waals surface area (Å²) < 4.78 is 29.9. The second kappa shape index (κ2) is 6.63. The molecular weight excluding hydrogens is 390 g/mol. The number of benzene rings is 1. The molecule has 0 bridgehead atoms. The molecule has 0 spiro atoms. The molecule has 0 aliphatic carbocycles. The van der Waals surface area contributed by atoms with Crippen molar-refractivity contribution in [3.63, 3.8) is 0 Å². The van der Waals surface area contributed by atoms with Gasteiger partial charge in [-0.1, -0.05) is 12.1 Å². The van der Waals surface area contributed by atoms with Crippen LogP contribution in [0, 0.1) is 5.92 Å². The Morgan fingerprint density at radius 2 is 1.76 bits per heavy atom. The third kappa shape index (κ3) is 3.13. The molecule has 0 saturated carbocycles. The lowest BCUT2D eigenvalue weighted by atomic mass is 9.98. The van der Waals surface area contributed by atoms with Crippen molar-refractivity contribution in [3.05, 3.63) is 76.8 Å². The average Bonchev–Trinajstić information content (AvgIpc) is 2.97. The summed E-state index contributed by atoms with van der Waals surface area (Å²) in [5, 5.41) is 4.48. The summed E-state index contributed by atoms with van der Waals surface area (Å²) in [6.07, 6.45) is 3.37. The fourth-order valence-corrected chi connectivity index (χ4v) is 4.90. The largest absolute Gasteiger partial charge is 0.355 e. The van der Waals surface area contributed by atoms with Gasteiger partial charge in [-0.15, -0.1) is 4.40 Å². The molecule has 4 heterocycles. The van der Waals surface area contributed by atoms with Crippen molar-refractivity contribution in [1.29, 1.82) is 0 Å². The minimum Gasteiger partial charge on any atom is -0.355 e. The Bertz CT molecular complexity index is 1280. The summed E-state index contributed by atoms with van der Waals surface area (Å²) in [7, 11) is -3.62. The van der Waals surface area contributed by atoms with E-state index in [-0.39, 0.29) is 16.4 Å². The smallest absolute Gasteiger partial charge is 0.285 e. The van der Waals surface area contributed by atoms with Gasteiger partial charge in [0.25, 0.3) is 15.6 Å². The van der Waals surface area contributed by atoms with Crippen molar-refractivity contribution in [2.75, 3.05) is 13.1 Å². The number of likely N-dealkylation sites (tertiary alicyclic amines) is 1. The third-order valence-electron chi connectivity index (χ3n) is 5.14. The van der Waals surface area contributed by atoms with Gasteiger partial charge in [-0.25, -0.2) is 4.68 Å². The van der Waals surface area contributed by atoms with Crippen LogP contribution in [-0.2, 0) is 16.6 Å². The molecule has 9 heteroatoms. The Hall–Kier alpha value is -3.33. The van der Waals surface area contributed by atoms with E-state index in [9.17, 15) is 13.2 Å². The topological polar surface area (TPSA) is 97.5 Å². The molecule has 2 aliphatic rings. The lowest BCUT2D eigenvalue weighted by molar-refractivity contribution is 0.162. The Balaban J connectivity index is 1.33. The second-order valence-electron chi connectivity index (χ2n) is 7.13. The summed E-state index contributed by atoms with van der Waals surface area (Å²) >= 11 is 0. The van der Waals surface area contributed by atoms with E-state index in [0.29, 0.717) is 36.7 Å². The molecule has 0 unspecified atom stereocenters. The van der Waals surface area contributed by atoms with Crippen LogP contribution in [-0.4, -0.2) is 47.0 Å². The monoisotopic (exact) mass is 407 g/mol. The lowest BCUT2D eigenvalue weighted by Crippen LogP contribution is -2.52. The first kappa shape index (κ1) is 17.7. The predicted octanol–water partition coefficient (Wildman–Crippen LogP) is 1.39. The van der Waals surface area contributed by atoms with Crippen LogP contribution >= 0.6 is 0 Å². The lowest BCUT2D eigenvalue weighted by Gasteiger charge is -2.40. The van der Waals surface area contributed by atoms with Crippen LogP contribution in [0.4, 0.5) is 0 Å². The highest BCUT2D eigenvalue weighted by Gasteiger charge is 2.37. The first-order chi connectivity index (χ1) is 14.0. The van der Waals surface area contributed by atoms with Crippen molar-refractivity contribution in [2.45, 2.75) is 11.4 Å². The van der Waals surface area contributed by atoms with Crippen LogP contribution in [0.3, 0.4) is 0 Å². The SMILES string of the molecule is O=c1ccc(-c2ccncc2)nn1CC1CN(C2=NS(=O)(=O)c3ccccc32)C1. The predicted molar refractivity (Wildman–Crippen MR) is 107 cm³/mol. The summed E-state index contributed by atoms with van der Waals surface area (Å²) in [5.74, 6) is 0.675. The van der Waals surface area contributed by atoms with Crippen LogP contribution < -0.4 is 5.56 Å². The van der Waals surface area contributed by atoms with Crippen LogP contribution in [0.15, 0.2) is 75.0 Å². The summed E-state index contributed by atoms with van der Waals surface area (Å²) in [5.41, 5.74) is 2.09. The highest BCUT2D eigenvalue weighted by Crippen LogP contribution is 2.30.